The third-order valence-electron chi connectivity index (χ3n) is 3.47. The minimum absolute atomic E-state index is 0.0232. The van der Waals surface area contributed by atoms with E-state index < -0.39 is 5.41 Å². The molecule has 0 aliphatic carbocycles. The van der Waals surface area contributed by atoms with Crippen molar-refractivity contribution >= 4 is 11.7 Å². The number of hydrogen-bond donors (Lipinski definition) is 2. The first kappa shape index (κ1) is 17.1. The van der Waals surface area contributed by atoms with Crippen molar-refractivity contribution in [2.75, 3.05) is 26.4 Å². The van der Waals surface area contributed by atoms with E-state index >= 15 is 0 Å². The highest BCUT2D eigenvalue weighted by Gasteiger charge is 2.39. The van der Waals surface area contributed by atoms with Crippen molar-refractivity contribution in [3.05, 3.63) is 0 Å². The Balaban J connectivity index is 4.09. The van der Waals surface area contributed by atoms with Crippen LogP contribution >= 0.6 is 0 Å². The highest BCUT2D eigenvalue weighted by Crippen LogP contribution is 2.38. The van der Waals surface area contributed by atoms with E-state index in [9.17, 15) is 9.59 Å². The van der Waals surface area contributed by atoms with E-state index in [-0.39, 0.29) is 43.5 Å². The van der Waals surface area contributed by atoms with Crippen molar-refractivity contribution in [2.45, 2.75) is 34.6 Å². The number of aliphatic hydroxyl groups excluding tert-OH is 1. The molecule has 1 amide bonds. The fraction of sp³-hybridized carbons (Fsp3) is 0.846. The Morgan fingerprint density at radius 3 is 2.11 bits per heavy atom. The summed E-state index contributed by atoms with van der Waals surface area (Å²) in [6.45, 7) is 9.61. The molecule has 0 radical (unpaired) electrons. The molecule has 0 unspecified atom stereocenters. The van der Waals surface area contributed by atoms with Crippen LogP contribution < -0.4 is 5.32 Å². The van der Waals surface area contributed by atoms with Gasteiger partial charge in [0.05, 0.1) is 6.61 Å². The van der Waals surface area contributed by atoms with Gasteiger partial charge in [0.15, 0.2) is 5.78 Å². The first-order valence-electron chi connectivity index (χ1n) is 6.11. The summed E-state index contributed by atoms with van der Waals surface area (Å²) < 4.78 is 5.09. The third kappa shape index (κ3) is 5.14. The summed E-state index contributed by atoms with van der Waals surface area (Å²) in [7, 11) is 0. The van der Waals surface area contributed by atoms with Gasteiger partial charge in [-0.1, -0.05) is 34.6 Å². The minimum atomic E-state index is -0.505. The van der Waals surface area contributed by atoms with Gasteiger partial charge in [0.1, 0.15) is 13.2 Å². The van der Waals surface area contributed by atoms with Crippen LogP contribution in [0.15, 0.2) is 0 Å². The predicted octanol–water partition coefficient (Wildman–Crippen LogP) is 0.753. The second kappa shape index (κ2) is 6.85. The zero-order chi connectivity index (χ0) is 14.4. The fourth-order valence-corrected chi connectivity index (χ4v) is 1.08. The zero-order valence-electron chi connectivity index (χ0n) is 12.0. The lowest BCUT2D eigenvalue weighted by Crippen LogP contribution is -2.40. The van der Waals surface area contributed by atoms with Crippen LogP contribution in [0.3, 0.4) is 0 Å². The Morgan fingerprint density at radius 1 is 1.11 bits per heavy atom. The van der Waals surface area contributed by atoms with Gasteiger partial charge in [-0.2, -0.15) is 0 Å². The van der Waals surface area contributed by atoms with Crippen molar-refractivity contribution in [1.29, 1.82) is 0 Å². The van der Waals surface area contributed by atoms with Gasteiger partial charge < -0.3 is 15.2 Å². The van der Waals surface area contributed by atoms with Crippen molar-refractivity contribution in [1.82, 2.24) is 5.32 Å². The molecular weight excluding hydrogens is 234 g/mol. The van der Waals surface area contributed by atoms with E-state index in [1.165, 1.54) is 0 Å². The van der Waals surface area contributed by atoms with E-state index in [4.69, 9.17) is 9.84 Å². The molecule has 0 aromatic rings. The van der Waals surface area contributed by atoms with Crippen molar-refractivity contribution in [3.63, 3.8) is 0 Å². The lowest BCUT2D eigenvalue weighted by atomic mass is 9.67. The molecule has 0 spiro atoms. The Hall–Kier alpha value is -0.940. The highest BCUT2D eigenvalue weighted by atomic mass is 16.5. The number of hydrogen-bond acceptors (Lipinski definition) is 4. The maximum absolute atomic E-state index is 12.0. The molecule has 0 heterocycles. The maximum atomic E-state index is 12.0. The summed E-state index contributed by atoms with van der Waals surface area (Å²) in [4.78, 5) is 23.2. The summed E-state index contributed by atoms with van der Waals surface area (Å²) in [5, 5.41) is 11.0. The molecule has 0 saturated heterocycles. The van der Waals surface area contributed by atoms with E-state index in [2.05, 4.69) is 5.32 Å². The second-order valence-electron chi connectivity index (χ2n) is 5.86. The van der Waals surface area contributed by atoms with Crippen LogP contribution in [0.1, 0.15) is 34.6 Å². The number of amides is 1. The molecule has 2 N–H and O–H groups in total. The molecule has 5 heteroatoms. The molecule has 0 saturated carbocycles. The Kier molecular flexibility index (Phi) is 6.49. The number of rotatable bonds is 7. The number of ketones is 1. The minimum Gasteiger partial charge on any atom is -0.395 e. The topological polar surface area (TPSA) is 75.6 Å². The zero-order valence-corrected chi connectivity index (χ0v) is 12.0. The number of Topliss-reactive ketones (excluding diaryl/α,β-unsaturated/α-hetero) is 1. The molecule has 0 aliphatic heterocycles. The molecule has 18 heavy (non-hydrogen) atoms. The molecule has 106 valence electrons. The lowest BCUT2D eigenvalue weighted by Gasteiger charge is -2.37. The predicted molar refractivity (Wildman–Crippen MR) is 69.2 cm³/mol. The summed E-state index contributed by atoms with van der Waals surface area (Å²) in [5.74, 6) is -0.352. The third-order valence-corrected chi connectivity index (χ3v) is 3.47. The molecule has 0 bridgehead atoms. The number of aliphatic hydroxyl groups is 1. The summed E-state index contributed by atoms with van der Waals surface area (Å²) in [6.07, 6.45) is 0. The van der Waals surface area contributed by atoms with Gasteiger partial charge in [0.25, 0.3) is 0 Å². The van der Waals surface area contributed by atoms with Crippen LogP contribution in [0.5, 0.6) is 0 Å². The van der Waals surface area contributed by atoms with Crippen LogP contribution in [-0.2, 0) is 14.3 Å². The quantitative estimate of drug-likeness (QED) is 0.707. The Bertz CT molecular complexity index is 292. The number of carbonyl (C=O) groups is 2. The second-order valence-corrected chi connectivity index (χ2v) is 5.86. The number of nitrogens with one attached hydrogen (secondary N) is 1. The van der Waals surface area contributed by atoms with Crippen LogP contribution in [0.25, 0.3) is 0 Å². The van der Waals surface area contributed by atoms with Crippen LogP contribution in [-0.4, -0.2) is 43.2 Å². The van der Waals surface area contributed by atoms with Crippen LogP contribution in [0, 0.1) is 10.8 Å². The monoisotopic (exact) mass is 259 g/mol. The maximum Gasteiger partial charge on any atom is 0.246 e. The van der Waals surface area contributed by atoms with Crippen LogP contribution in [0.4, 0.5) is 0 Å². The smallest absolute Gasteiger partial charge is 0.246 e. The Morgan fingerprint density at radius 2 is 1.67 bits per heavy atom. The van der Waals surface area contributed by atoms with E-state index in [1.807, 2.05) is 34.6 Å². The SMILES string of the molecule is CC(C)(C)C(C)(C)C(=O)COCC(=O)NCCO. The largest absolute Gasteiger partial charge is 0.395 e. The van der Waals surface area contributed by atoms with Gasteiger partial charge in [-0.3, -0.25) is 9.59 Å². The van der Waals surface area contributed by atoms with Gasteiger partial charge in [0.2, 0.25) is 5.91 Å². The first-order valence-corrected chi connectivity index (χ1v) is 6.11. The van der Waals surface area contributed by atoms with Gasteiger partial charge in [-0.25, -0.2) is 0 Å². The van der Waals surface area contributed by atoms with Crippen molar-refractivity contribution in [3.8, 4) is 0 Å². The first-order chi connectivity index (χ1) is 8.13. The molecule has 0 aromatic carbocycles. The molecule has 0 aromatic heterocycles. The molecule has 0 fully saturated rings. The molecule has 0 atom stereocenters. The van der Waals surface area contributed by atoms with Gasteiger partial charge >= 0.3 is 0 Å². The lowest BCUT2D eigenvalue weighted by molar-refractivity contribution is -0.139. The molecule has 5 nitrogen and oxygen atoms in total. The van der Waals surface area contributed by atoms with Gasteiger partial charge in [-0.05, 0) is 5.41 Å². The summed E-state index contributed by atoms with van der Waals surface area (Å²) >= 11 is 0. The van der Waals surface area contributed by atoms with Crippen molar-refractivity contribution in [2.24, 2.45) is 10.8 Å². The number of carbonyl (C=O) groups excluding carboxylic acids is 2. The van der Waals surface area contributed by atoms with Crippen molar-refractivity contribution < 1.29 is 19.4 Å². The molecule has 0 aliphatic rings. The van der Waals surface area contributed by atoms with Gasteiger partial charge in [-0.15, -0.1) is 0 Å². The van der Waals surface area contributed by atoms with Gasteiger partial charge in [0, 0.05) is 12.0 Å². The summed E-state index contributed by atoms with van der Waals surface area (Å²) in [5.41, 5.74) is -0.666. The van der Waals surface area contributed by atoms with E-state index in [1.54, 1.807) is 0 Å². The van der Waals surface area contributed by atoms with Crippen LogP contribution in [0.2, 0.25) is 0 Å². The van der Waals surface area contributed by atoms with E-state index in [0.29, 0.717) is 0 Å². The normalized spacial score (nSPS) is 12.3. The standard InChI is InChI=1S/C13H25NO4/c1-12(2,3)13(4,5)10(16)8-18-9-11(17)14-6-7-15/h15H,6-9H2,1-5H3,(H,14,17). The number of ether oxygens (including phenoxy) is 1. The summed E-state index contributed by atoms with van der Waals surface area (Å²) in [6, 6.07) is 0. The molecular formula is C13H25NO4. The molecule has 0 rings (SSSR count). The average Bonchev–Trinajstić information content (AvgIpc) is 2.24. The average molecular weight is 259 g/mol. The Labute approximate surface area is 109 Å². The fourth-order valence-electron chi connectivity index (χ4n) is 1.08. The van der Waals surface area contributed by atoms with E-state index in [0.717, 1.165) is 0 Å². The highest BCUT2D eigenvalue weighted by molar-refractivity contribution is 5.86.